The van der Waals surface area contributed by atoms with Gasteiger partial charge in [-0.3, -0.25) is 4.90 Å². The van der Waals surface area contributed by atoms with Gasteiger partial charge >= 0.3 is 0 Å². The van der Waals surface area contributed by atoms with E-state index in [1.54, 1.807) is 28.6 Å². The minimum atomic E-state index is -3.39. The van der Waals surface area contributed by atoms with Gasteiger partial charge in [-0.2, -0.15) is 4.31 Å². The zero-order valence-electron chi connectivity index (χ0n) is 12.0. The van der Waals surface area contributed by atoms with Crippen molar-refractivity contribution in [3.8, 4) is 0 Å². The van der Waals surface area contributed by atoms with Crippen LogP contribution in [0.15, 0.2) is 29.2 Å². The van der Waals surface area contributed by atoms with E-state index in [0.717, 1.165) is 25.9 Å². The molecular formula is C15H21ClN2O2S. The van der Waals surface area contributed by atoms with Crippen LogP contribution in [0.4, 0.5) is 0 Å². The molecule has 0 saturated carbocycles. The van der Waals surface area contributed by atoms with Crippen LogP contribution in [0.1, 0.15) is 25.7 Å². The number of rotatable bonds is 3. The van der Waals surface area contributed by atoms with E-state index in [4.69, 9.17) is 11.6 Å². The van der Waals surface area contributed by atoms with Crippen molar-refractivity contribution in [3.63, 3.8) is 0 Å². The van der Waals surface area contributed by atoms with Gasteiger partial charge in [-0.15, -0.1) is 0 Å². The highest BCUT2D eigenvalue weighted by molar-refractivity contribution is 7.89. The lowest BCUT2D eigenvalue weighted by atomic mass is 10.1. The molecule has 2 aliphatic heterocycles. The molecule has 1 atom stereocenters. The number of hydrogen-bond donors (Lipinski definition) is 0. The first-order valence-electron chi connectivity index (χ1n) is 7.57. The van der Waals surface area contributed by atoms with E-state index < -0.39 is 10.0 Å². The number of benzene rings is 1. The fraction of sp³-hybridized carbons (Fsp3) is 0.600. The summed E-state index contributed by atoms with van der Waals surface area (Å²) < 4.78 is 27.1. The maximum absolute atomic E-state index is 12.7. The summed E-state index contributed by atoms with van der Waals surface area (Å²) in [4.78, 5) is 2.79. The third-order valence-electron chi connectivity index (χ3n) is 4.47. The Balaban J connectivity index is 1.76. The molecule has 1 unspecified atom stereocenters. The average molecular weight is 329 g/mol. The molecule has 0 bridgehead atoms. The smallest absolute Gasteiger partial charge is 0.243 e. The van der Waals surface area contributed by atoms with Crippen LogP contribution in [0.2, 0.25) is 5.02 Å². The lowest BCUT2D eigenvalue weighted by molar-refractivity contribution is 0.162. The summed E-state index contributed by atoms with van der Waals surface area (Å²) in [6, 6.07) is 6.84. The largest absolute Gasteiger partial charge is 0.299 e. The van der Waals surface area contributed by atoms with Gasteiger partial charge in [0.05, 0.1) is 4.90 Å². The van der Waals surface area contributed by atoms with Crippen LogP contribution in [-0.2, 0) is 10.0 Å². The summed E-state index contributed by atoms with van der Waals surface area (Å²) in [5.74, 6) is 0. The van der Waals surface area contributed by atoms with E-state index in [1.807, 2.05) is 0 Å². The molecule has 2 fully saturated rings. The highest BCUT2D eigenvalue weighted by atomic mass is 35.5. The fourth-order valence-corrected chi connectivity index (χ4v) is 4.94. The molecule has 0 amide bonds. The molecule has 116 valence electrons. The molecule has 2 heterocycles. The summed E-state index contributed by atoms with van der Waals surface area (Å²) in [5, 5.41) is 0.558. The number of nitrogens with zero attached hydrogens (tertiary/aromatic N) is 2. The molecule has 0 N–H and O–H groups in total. The molecule has 0 spiro atoms. The van der Waals surface area contributed by atoms with Crippen LogP contribution in [0.5, 0.6) is 0 Å². The monoisotopic (exact) mass is 328 g/mol. The Bertz CT molecular complexity index is 582. The van der Waals surface area contributed by atoms with E-state index in [9.17, 15) is 8.42 Å². The number of sulfonamides is 1. The van der Waals surface area contributed by atoms with Crippen molar-refractivity contribution < 1.29 is 8.42 Å². The van der Waals surface area contributed by atoms with E-state index >= 15 is 0 Å². The molecule has 1 aromatic carbocycles. The summed E-state index contributed by atoms with van der Waals surface area (Å²) in [7, 11) is -3.39. The molecule has 2 aliphatic rings. The van der Waals surface area contributed by atoms with Crippen LogP contribution in [-0.4, -0.2) is 49.8 Å². The second-order valence-corrected chi connectivity index (χ2v) is 8.23. The van der Waals surface area contributed by atoms with Crippen LogP contribution >= 0.6 is 11.6 Å². The predicted molar refractivity (Wildman–Crippen MR) is 84.0 cm³/mol. The van der Waals surface area contributed by atoms with Crippen LogP contribution < -0.4 is 0 Å². The van der Waals surface area contributed by atoms with Gasteiger partial charge < -0.3 is 0 Å². The van der Waals surface area contributed by atoms with Gasteiger partial charge in [-0.25, -0.2) is 8.42 Å². The maximum Gasteiger partial charge on any atom is 0.243 e. The highest BCUT2D eigenvalue weighted by Gasteiger charge is 2.33. The zero-order valence-corrected chi connectivity index (χ0v) is 13.6. The molecule has 4 nitrogen and oxygen atoms in total. The standard InChI is InChI=1S/C15H21ClN2O2S/c16-13-5-7-15(8-6-13)21(19,20)18-11-3-4-14(12-18)17-9-1-2-10-17/h5-8,14H,1-4,9-12H2. The Morgan fingerprint density at radius 2 is 1.67 bits per heavy atom. The quantitative estimate of drug-likeness (QED) is 0.856. The minimum absolute atomic E-state index is 0.342. The Kier molecular flexibility index (Phi) is 4.54. The highest BCUT2D eigenvalue weighted by Crippen LogP contribution is 2.25. The fourth-order valence-electron chi connectivity index (χ4n) is 3.30. The average Bonchev–Trinajstić information content (AvgIpc) is 3.02. The van der Waals surface area contributed by atoms with Crippen LogP contribution in [0.3, 0.4) is 0 Å². The van der Waals surface area contributed by atoms with Crippen molar-refractivity contribution >= 4 is 21.6 Å². The van der Waals surface area contributed by atoms with Crippen molar-refractivity contribution in [2.75, 3.05) is 26.2 Å². The second-order valence-electron chi connectivity index (χ2n) is 5.86. The van der Waals surface area contributed by atoms with E-state index in [0.29, 0.717) is 29.0 Å². The SMILES string of the molecule is O=S(=O)(c1ccc(Cl)cc1)N1CCCC(N2CCCC2)C1. The molecule has 21 heavy (non-hydrogen) atoms. The molecule has 3 rings (SSSR count). The van der Waals surface area contributed by atoms with Gasteiger partial charge in [0.25, 0.3) is 0 Å². The predicted octanol–water partition coefficient (Wildman–Crippen LogP) is 2.59. The summed E-state index contributed by atoms with van der Waals surface area (Å²) in [5.41, 5.74) is 0. The van der Waals surface area contributed by atoms with Gasteiger partial charge in [0.2, 0.25) is 10.0 Å². The maximum atomic E-state index is 12.7. The first-order chi connectivity index (χ1) is 10.1. The third-order valence-corrected chi connectivity index (χ3v) is 6.60. The van der Waals surface area contributed by atoms with Gasteiger partial charge in [0, 0.05) is 24.2 Å². The first kappa shape index (κ1) is 15.3. The van der Waals surface area contributed by atoms with Gasteiger partial charge in [0.15, 0.2) is 0 Å². The van der Waals surface area contributed by atoms with Crippen LogP contribution in [0, 0.1) is 0 Å². The first-order valence-corrected chi connectivity index (χ1v) is 9.39. The van der Waals surface area contributed by atoms with Crippen molar-refractivity contribution in [2.24, 2.45) is 0 Å². The second kappa shape index (κ2) is 6.24. The molecule has 0 radical (unpaired) electrons. The topological polar surface area (TPSA) is 40.6 Å². The van der Waals surface area contributed by atoms with Gasteiger partial charge in [-0.05, 0) is 63.0 Å². The van der Waals surface area contributed by atoms with E-state index in [1.165, 1.54) is 12.8 Å². The minimum Gasteiger partial charge on any atom is -0.299 e. The molecule has 6 heteroatoms. The third kappa shape index (κ3) is 3.26. The normalized spacial score (nSPS) is 25.3. The van der Waals surface area contributed by atoms with Crippen molar-refractivity contribution in [1.29, 1.82) is 0 Å². The van der Waals surface area contributed by atoms with E-state index in [2.05, 4.69) is 4.90 Å². The van der Waals surface area contributed by atoms with Gasteiger partial charge in [0.1, 0.15) is 0 Å². The van der Waals surface area contributed by atoms with Crippen LogP contribution in [0.25, 0.3) is 0 Å². The van der Waals surface area contributed by atoms with Crippen molar-refractivity contribution in [3.05, 3.63) is 29.3 Å². The molecule has 1 aromatic rings. The summed E-state index contributed by atoms with van der Waals surface area (Å²) in [6.07, 6.45) is 4.52. The van der Waals surface area contributed by atoms with Crippen molar-refractivity contribution in [1.82, 2.24) is 9.21 Å². The zero-order chi connectivity index (χ0) is 14.9. The number of hydrogen-bond acceptors (Lipinski definition) is 3. The van der Waals surface area contributed by atoms with Gasteiger partial charge in [-0.1, -0.05) is 11.6 Å². The Labute approximate surface area is 131 Å². The number of likely N-dealkylation sites (tertiary alicyclic amines) is 1. The summed E-state index contributed by atoms with van der Waals surface area (Å²) >= 11 is 5.84. The molecule has 0 aliphatic carbocycles. The van der Waals surface area contributed by atoms with Crippen molar-refractivity contribution in [2.45, 2.75) is 36.6 Å². The Morgan fingerprint density at radius 3 is 2.33 bits per heavy atom. The Hall–Kier alpha value is -0.620. The summed E-state index contributed by atoms with van der Waals surface area (Å²) in [6.45, 7) is 3.46. The Morgan fingerprint density at radius 1 is 1.00 bits per heavy atom. The van der Waals surface area contributed by atoms with E-state index in [-0.39, 0.29) is 0 Å². The molecule has 0 aromatic heterocycles. The number of halogens is 1. The lowest BCUT2D eigenvalue weighted by Crippen LogP contribution is -2.48. The molecular weight excluding hydrogens is 308 g/mol. The molecule has 2 saturated heterocycles. The lowest BCUT2D eigenvalue weighted by Gasteiger charge is -2.36. The number of piperidine rings is 1.